The number of likely N-dealkylation sites (tertiary alicyclic amines) is 1. The number of carbonyl (C=O) groups is 1. The minimum absolute atomic E-state index is 0.0739. The van der Waals surface area contributed by atoms with Crippen molar-refractivity contribution in [2.45, 2.75) is 5.92 Å². The first kappa shape index (κ1) is 14.4. The third-order valence-corrected chi connectivity index (χ3v) is 4.27. The van der Waals surface area contributed by atoms with Gasteiger partial charge in [-0.25, -0.2) is 4.98 Å². The molecule has 0 bridgehead atoms. The fraction of sp³-hybridized carbons (Fsp3) is 0.176. The molecule has 4 rings (SSSR count). The number of hydrogen-bond donors (Lipinski definition) is 1. The predicted octanol–water partition coefficient (Wildman–Crippen LogP) is 2.71. The van der Waals surface area contributed by atoms with E-state index >= 15 is 0 Å². The molecule has 1 fully saturated rings. The third kappa shape index (κ3) is 2.40. The lowest BCUT2D eigenvalue weighted by Crippen LogP contribution is -2.48. The van der Waals surface area contributed by atoms with Gasteiger partial charge in [0.25, 0.3) is 11.6 Å². The van der Waals surface area contributed by atoms with Crippen molar-refractivity contribution in [3.8, 4) is 0 Å². The summed E-state index contributed by atoms with van der Waals surface area (Å²) in [6.07, 6.45) is 0. The summed E-state index contributed by atoms with van der Waals surface area (Å²) in [7, 11) is 0. The minimum atomic E-state index is -0.496. The molecule has 2 aromatic carbocycles. The lowest BCUT2D eigenvalue weighted by Gasteiger charge is -2.38. The number of hydrogen-bond acceptors (Lipinski definition) is 4. The molecule has 1 aromatic heterocycles. The molecule has 0 spiro atoms. The number of nitrogens with zero attached hydrogens (tertiary/aromatic N) is 3. The number of H-pyrrole nitrogens is 1. The van der Waals surface area contributed by atoms with Gasteiger partial charge in [-0.15, -0.1) is 0 Å². The van der Waals surface area contributed by atoms with Crippen molar-refractivity contribution < 1.29 is 9.72 Å². The Labute approximate surface area is 137 Å². The van der Waals surface area contributed by atoms with Gasteiger partial charge in [-0.1, -0.05) is 18.2 Å². The Kier molecular flexibility index (Phi) is 3.26. The predicted molar refractivity (Wildman–Crippen MR) is 87.8 cm³/mol. The van der Waals surface area contributed by atoms with E-state index in [4.69, 9.17) is 0 Å². The normalized spacial score (nSPS) is 14.6. The fourth-order valence-corrected chi connectivity index (χ4v) is 2.92. The molecular weight excluding hydrogens is 308 g/mol. The van der Waals surface area contributed by atoms with E-state index in [1.807, 2.05) is 24.3 Å². The van der Waals surface area contributed by atoms with E-state index < -0.39 is 4.92 Å². The number of aromatic amines is 1. The van der Waals surface area contributed by atoms with Crippen LogP contribution < -0.4 is 0 Å². The van der Waals surface area contributed by atoms with E-state index in [0.29, 0.717) is 18.7 Å². The number of aromatic nitrogens is 2. The van der Waals surface area contributed by atoms with Gasteiger partial charge >= 0.3 is 0 Å². The monoisotopic (exact) mass is 322 g/mol. The topological polar surface area (TPSA) is 92.1 Å². The summed E-state index contributed by atoms with van der Waals surface area (Å²) in [6, 6.07) is 13.6. The van der Waals surface area contributed by atoms with Crippen LogP contribution in [0.2, 0.25) is 0 Å². The highest BCUT2D eigenvalue weighted by molar-refractivity contribution is 5.95. The number of para-hydroxylation sites is 2. The molecule has 0 atom stereocenters. The van der Waals surface area contributed by atoms with E-state index in [2.05, 4.69) is 9.97 Å². The number of carbonyl (C=O) groups excluding carboxylic acids is 1. The highest BCUT2D eigenvalue weighted by atomic mass is 16.6. The van der Waals surface area contributed by atoms with E-state index in [9.17, 15) is 14.9 Å². The largest absolute Gasteiger partial charge is 0.342 e. The fourth-order valence-electron chi connectivity index (χ4n) is 2.92. The van der Waals surface area contributed by atoms with Crippen LogP contribution in [0.15, 0.2) is 48.5 Å². The summed E-state index contributed by atoms with van der Waals surface area (Å²) in [4.78, 5) is 32.3. The van der Waals surface area contributed by atoms with Gasteiger partial charge < -0.3 is 9.88 Å². The maximum absolute atomic E-state index is 12.4. The second-order valence-electron chi connectivity index (χ2n) is 5.85. The molecule has 1 aliphatic rings. The molecule has 0 saturated carbocycles. The van der Waals surface area contributed by atoms with Gasteiger partial charge in [0.15, 0.2) is 0 Å². The molecule has 24 heavy (non-hydrogen) atoms. The van der Waals surface area contributed by atoms with Crippen LogP contribution in [-0.4, -0.2) is 38.8 Å². The molecule has 1 amide bonds. The van der Waals surface area contributed by atoms with Crippen molar-refractivity contribution in [2.24, 2.45) is 0 Å². The number of nitro benzene ring substituents is 1. The highest BCUT2D eigenvalue weighted by Crippen LogP contribution is 2.28. The number of amides is 1. The van der Waals surface area contributed by atoms with Crippen LogP contribution in [0, 0.1) is 10.1 Å². The molecule has 0 unspecified atom stereocenters. The average molecular weight is 322 g/mol. The molecule has 1 saturated heterocycles. The molecule has 7 heteroatoms. The Morgan fingerprint density at radius 1 is 1.21 bits per heavy atom. The second kappa shape index (κ2) is 5.45. The van der Waals surface area contributed by atoms with Crippen molar-refractivity contribution in [1.29, 1.82) is 0 Å². The van der Waals surface area contributed by atoms with Gasteiger partial charge in [0.1, 0.15) is 5.82 Å². The van der Waals surface area contributed by atoms with E-state index in [1.54, 1.807) is 11.0 Å². The molecule has 1 aliphatic heterocycles. The van der Waals surface area contributed by atoms with E-state index in [0.717, 1.165) is 16.9 Å². The first-order valence-electron chi connectivity index (χ1n) is 7.60. The summed E-state index contributed by atoms with van der Waals surface area (Å²) >= 11 is 0. The Balaban J connectivity index is 1.48. The van der Waals surface area contributed by atoms with E-state index in [-0.39, 0.29) is 17.5 Å². The number of imidazole rings is 1. The summed E-state index contributed by atoms with van der Waals surface area (Å²) in [5.41, 5.74) is 2.16. The Hall–Kier alpha value is -3.22. The van der Waals surface area contributed by atoms with Crippen molar-refractivity contribution in [3.63, 3.8) is 0 Å². The molecule has 0 aliphatic carbocycles. The molecule has 120 valence electrons. The molecule has 2 heterocycles. The van der Waals surface area contributed by atoms with Crippen LogP contribution in [0.1, 0.15) is 22.1 Å². The van der Waals surface area contributed by atoms with Crippen molar-refractivity contribution in [3.05, 3.63) is 70.0 Å². The van der Waals surface area contributed by atoms with Crippen LogP contribution in [0.4, 0.5) is 5.69 Å². The zero-order valence-electron chi connectivity index (χ0n) is 12.7. The zero-order valence-corrected chi connectivity index (χ0v) is 12.7. The van der Waals surface area contributed by atoms with Crippen molar-refractivity contribution >= 4 is 22.6 Å². The Bertz CT molecular complexity index is 911. The SMILES string of the molecule is O=C(c1cccc([N+](=O)[O-])c1)N1CC(c2nc3ccccc3[nH]2)C1. The van der Waals surface area contributed by atoms with Crippen LogP contribution >= 0.6 is 0 Å². The quantitative estimate of drug-likeness (QED) is 0.593. The number of fused-ring (bicyclic) bond motifs is 1. The number of benzene rings is 2. The zero-order chi connectivity index (χ0) is 16.7. The third-order valence-electron chi connectivity index (χ3n) is 4.27. The summed E-state index contributed by atoms with van der Waals surface area (Å²) < 4.78 is 0. The summed E-state index contributed by atoms with van der Waals surface area (Å²) in [6.45, 7) is 1.11. The average Bonchev–Trinajstić information content (AvgIpc) is 2.96. The lowest BCUT2D eigenvalue weighted by molar-refractivity contribution is -0.384. The highest BCUT2D eigenvalue weighted by Gasteiger charge is 2.34. The number of nitro groups is 1. The standard InChI is InChI=1S/C17H14N4O3/c22-17(11-4-3-5-13(8-11)21(23)24)20-9-12(10-20)16-18-14-6-1-2-7-15(14)19-16/h1-8,12H,9-10H2,(H,18,19). The van der Waals surface area contributed by atoms with Gasteiger partial charge in [0.05, 0.1) is 21.9 Å². The maximum Gasteiger partial charge on any atom is 0.270 e. The van der Waals surface area contributed by atoms with Gasteiger partial charge in [-0.05, 0) is 18.2 Å². The molecule has 7 nitrogen and oxygen atoms in total. The van der Waals surface area contributed by atoms with Crippen LogP contribution in [0.25, 0.3) is 11.0 Å². The van der Waals surface area contributed by atoms with Crippen LogP contribution in [0.5, 0.6) is 0 Å². The summed E-state index contributed by atoms with van der Waals surface area (Å²) in [5.74, 6) is 0.852. The lowest BCUT2D eigenvalue weighted by atomic mass is 9.98. The van der Waals surface area contributed by atoms with Gasteiger partial charge in [-0.3, -0.25) is 14.9 Å². The molecule has 1 N–H and O–H groups in total. The number of nitrogens with one attached hydrogen (secondary N) is 1. The minimum Gasteiger partial charge on any atom is -0.342 e. The van der Waals surface area contributed by atoms with Crippen molar-refractivity contribution in [1.82, 2.24) is 14.9 Å². The van der Waals surface area contributed by atoms with Gasteiger partial charge in [0, 0.05) is 30.8 Å². The first-order chi connectivity index (χ1) is 11.6. The maximum atomic E-state index is 12.4. The smallest absolute Gasteiger partial charge is 0.270 e. The molecule has 3 aromatic rings. The van der Waals surface area contributed by atoms with E-state index in [1.165, 1.54) is 18.2 Å². The molecular formula is C17H14N4O3. The number of non-ortho nitro benzene ring substituents is 1. The Morgan fingerprint density at radius 2 is 2.00 bits per heavy atom. The van der Waals surface area contributed by atoms with Crippen LogP contribution in [-0.2, 0) is 0 Å². The van der Waals surface area contributed by atoms with Crippen LogP contribution in [0.3, 0.4) is 0 Å². The number of rotatable bonds is 3. The van der Waals surface area contributed by atoms with Gasteiger partial charge in [-0.2, -0.15) is 0 Å². The molecule has 0 radical (unpaired) electrons. The second-order valence-corrected chi connectivity index (χ2v) is 5.85. The van der Waals surface area contributed by atoms with Gasteiger partial charge in [0.2, 0.25) is 0 Å². The van der Waals surface area contributed by atoms with Crippen molar-refractivity contribution in [2.75, 3.05) is 13.1 Å². The first-order valence-corrected chi connectivity index (χ1v) is 7.60. The summed E-state index contributed by atoms with van der Waals surface area (Å²) in [5, 5.41) is 10.8. The Morgan fingerprint density at radius 3 is 2.75 bits per heavy atom.